The third kappa shape index (κ3) is 3.82. The van der Waals surface area contributed by atoms with Crippen LogP contribution in [0.2, 0.25) is 0 Å². The molecule has 1 aromatic heterocycles. The molecule has 0 N–H and O–H groups in total. The average molecular weight is 377 g/mol. The Morgan fingerprint density at radius 1 is 1.26 bits per heavy atom. The number of aryl methyl sites for hydroxylation is 1. The molecule has 0 aliphatic carbocycles. The van der Waals surface area contributed by atoms with Gasteiger partial charge in [-0.2, -0.15) is 5.10 Å². The van der Waals surface area contributed by atoms with Crippen LogP contribution in [0.4, 0.5) is 4.79 Å². The van der Waals surface area contributed by atoms with Gasteiger partial charge < -0.3 is 14.5 Å². The van der Waals surface area contributed by atoms with Gasteiger partial charge in [-0.25, -0.2) is 4.79 Å². The summed E-state index contributed by atoms with van der Waals surface area (Å²) in [5.74, 6) is 0.0796. The molecule has 2 aliphatic heterocycles. The van der Waals surface area contributed by atoms with Crippen LogP contribution in [-0.2, 0) is 16.1 Å². The Bertz CT molecular complexity index is 719. The molecule has 1 unspecified atom stereocenters. The van der Waals surface area contributed by atoms with Crippen LogP contribution in [0.5, 0.6) is 0 Å². The third-order valence-electron chi connectivity index (χ3n) is 6.29. The zero-order chi connectivity index (χ0) is 19.8. The number of rotatable bonds is 5. The van der Waals surface area contributed by atoms with E-state index in [1.165, 1.54) is 0 Å². The normalized spacial score (nSPS) is 20.3. The van der Waals surface area contributed by atoms with E-state index in [0.29, 0.717) is 32.5 Å². The number of nitrogens with zero attached hydrogens (tertiary/aromatic N) is 4. The van der Waals surface area contributed by atoms with Gasteiger partial charge in [0, 0.05) is 37.7 Å². The highest BCUT2D eigenvalue weighted by atomic mass is 16.6. The highest BCUT2D eigenvalue weighted by Crippen LogP contribution is 2.34. The number of ether oxygens (including phenoxy) is 1. The molecule has 0 bridgehead atoms. The van der Waals surface area contributed by atoms with Crippen molar-refractivity contribution in [1.82, 2.24) is 19.6 Å². The zero-order valence-electron chi connectivity index (χ0n) is 17.2. The Morgan fingerprint density at radius 3 is 2.48 bits per heavy atom. The van der Waals surface area contributed by atoms with Crippen molar-refractivity contribution in [3.8, 4) is 0 Å². The van der Waals surface area contributed by atoms with E-state index in [9.17, 15) is 9.59 Å². The van der Waals surface area contributed by atoms with Crippen LogP contribution in [0, 0.1) is 20.8 Å². The molecule has 2 saturated heterocycles. The van der Waals surface area contributed by atoms with Gasteiger partial charge in [-0.1, -0.05) is 13.3 Å². The smallest absolute Gasteiger partial charge is 0.410 e. The first kappa shape index (κ1) is 19.7. The summed E-state index contributed by atoms with van der Waals surface area (Å²) in [6.07, 6.45) is 3.24. The van der Waals surface area contributed by atoms with Crippen molar-refractivity contribution in [2.75, 3.05) is 19.6 Å². The molecule has 2 aliphatic rings. The summed E-state index contributed by atoms with van der Waals surface area (Å²) in [6, 6.07) is 0.204. The molecule has 7 heteroatoms. The van der Waals surface area contributed by atoms with Crippen molar-refractivity contribution < 1.29 is 14.3 Å². The number of likely N-dealkylation sites (tertiary alicyclic amines) is 1. The predicted molar refractivity (Wildman–Crippen MR) is 103 cm³/mol. The van der Waals surface area contributed by atoms with E-state index in [1.807, 2.05) is 30.6 Å². The highest BCUT2D eigenvalue weighted by molar-refractivity contribution is 5.76. The van der Waals surface area contributed by atoms with E-state index in [2.05, 4.69) is 18.9 Å². The number of carbonyl (C=O) groups excluding carboxylic acids is 2. The minimum Gasteiger partial charge on any atom is -0.441 e. The standard InChI is InChI=1S/C20H32N4O3/c1-6-7-14(2)23-13-20(27-19(23)26)8-10-22(11-9-20)18(25)12-24-17(5)15(3)16(4)21-24/h14H,6-13H2,1-5H3. The topological polar surface area (TPSA) is 67.7 Å². The van der Waals surface area contributed by atoms with Crippen LogP contribution >= 0.6 is 0 Å². The van der Waals surface area contributed by atoms with Crippen LogP contribution in [0.15, 0.2) is 0 Å². The lowest BCUT2D eigenvalue weighted by molar-refractivity contribution is -0.135. The van der Waals surface area contributed by atoms with E-state index in [1.54, 1.807) is 4.68 Å². The molecule has 7 nitrogen and oxygen atoms in total. The predicted octanol–water partition coefficient (Wildman–Crippen LogP) is 2.81. The molecule has 1 spiro atoms. The molecule has 150 valence electrons. The maximum absolute atomic E-state index is 12.7. The van der Waals surface area contributed by atoms with E-state index in [-0.39, 0.29) is 24.6 Å². The van der Waals surface area contributed by atoms with Gasteiger partial charge in [-0.3, -0.25) is 9.48 Å². The fourth-order valence-corrected chi connectivity index (χ4v) is 4.15. The van der Waals surface area contributed by atoms with Gasteiger partial charge in [0.25, 0.3) is 0 Å². The first-order chi connectivity index (χ1) is 12.8. The molecule has 3 rings (SSSR count). The molecule has 27 heavy (non-hydrogen) atoms. The number of hydrogen-bond donors (Lipinski definition) is 0. The van der Waals surface area contributed by atoms with Crippen LogP contribution in [0.25, 0.3) is 0 Å². The molecule has 2 amide bonds. The van der Waals surface area contributed by atoms with Crippen molar-refractivity contribution >= 4 is 12.0 Å². The van der Waals surface area contributed by atoms with E-state index in [0.717, 1.165) is 29.8 Å². The molecule has 0 aromatic carbocycles. The van der Waals surface area contributed by atoms with Crippen molar-refractivity contribution in [3.05, 3.63) is 17.0 Å². The van der Waals surface area contributed by atoms with Gasteiger partial charge in [-0.05, 0) is 39.7 Å². The molecule has 0 saturated carbocycles. The molecule has 1 aromatic rings. The van der Waals surface area contributed by atoms with Gasteiger partial charge in [-0.15, -0.1) is 0 Å². The molecule has 3 heterocycles. The maximum atomic E-state index is 12.7. The van der Waals surface area contributed by atoms with Crippen LogP contribution in [0.3, 0.4) is 0 Å². The third-order valence-corrected chi connectivity index (χ3v) is 6.29. The number of aromatic nitrogens is 2. The van der Waals surface area contributed by atoms with Gasteiger partial charge in [0.2, 0.25) is 5.91 Å². The van der Waals surface area contributed by atoms with Gasteiger partial charge in [0.1, 0.15) is 12.1 Å². The van der Waals surface area contributed by atoms with E-state index >= 15 is 0 Å². The van der Waals surface area contributed by atoms with Crippen molar-refractivity contribution in [3.63, 3.8) is 0 Å². The molecular formula is C20H32N4O3. The first-order valence-corrected chi connectivity index (χ1v) is 10.0. The Labute approximate surface area is 161 Å². The number of amides is 2. The largest absolute Gasteiger partial charge is 0.441 e. The quantitative estimate of drug-likeness (QED) is 0.792. The maximum Gasteiger partial charge on any atom is 0.410 e. The molecule has 2 fully saturated rings. The summed E-state index contributed by atoms with van der Waals surface area (Å²) in [6.45, 7) is 12.4. The Balaban J connectivity index is 1.58. The second-order valence-electron chi connectivity index (χ2n) is 8.15. The van der Waals surface area contributed by atoms with Crippen LogP contribution in [0.1, 0.15) is 56.5 Å². The Morgan fingerprint density at radius 2 is 1.93 bits per heavy atom. The first-order valence-electron chi connectivity index (χ1n) is 10.0. The fourth-order valence-electron chi connectivity index (χ4n) is 4.15. The summed E-state index contributed by atoms with van der Waals surface area (Å²) in [7, 11) is 0. The average Bonchev–Trinajstić information content (AvgIpc) is 3.07. The SMILES string of the molecule is CCCC(C)N1CC2(CCN(C(=O)Cn3nc(C)c(C)c3C)CC2)OC1=O. The number of carbonyl (C=O) groups is 2. The van der Waals surface area contributed by atoms with E-state index < -0.39 is 5.60 Å². The zero-order valence-corrected chi connectivity index (χ0v) is 17.2. The summed E-state index contributed by atoms with van der Waals surface area (Å²) in [5, 5.41) is 4.47. The second-order valence-corrected chi connectivity index (χ2v) is 8.15. The Hall–Kier alpha value is -2.05. The summed E-state index contributed by atoms with van der Waals surface area (Å²) in [5.41, 5.74) is 2.72. The number of hydrogen-bond acceptors (Lipinski definition) is 4. The monoisotopic (exact) mass is 376 g/mol. The second kappa shape index (κ2) is 7.52. The van der Waals surface area contributed by atoms with Crippen molar-refractivity contribution in [2.45, 2.75) is 78.5 Å². The lowest BCUT2D eigenvalue weighted by atomic mass is 9.91. The van der Waals surface area contributed by atoms with E-state index in [4.69, 9.17) is 4.74 Å². The van der Waals surface area contributed by atoms with Crippen LogP contribution in [-0.4, -0.2) is 62.9 Å². The van der Waals surface area contributed by atoms with Gasteiger partial charge in [0.05, 0.1) is 12.2 Å². The summed E-state index contributed by atoms with van der Waals surface area (Å²) >= 11 is 0. The Kier molecular flexibility index (Phi) is 5.49. The van der Waals surface area contributed by atoms with Gasteiger partial charge >= 0.3 is 6.09 Å². The summed E-state index contributed by atoms with van der Waals surface area (Å²) in [4.78, 5) is 28.8. The number of piperidine rings is 1. The minimum atomic E-state index is -0.426. The van der Waals surface area contributed by atoms with Crippen molar-refractivity contribution in [1.29, 1.82) is 0 Å². The lowest BCUT2D eigenvalue weighted by Crippen LogP contribution is -2.50. The minimum absolute atomic E-state index is 0.0796. The summed E-state index contributed by atoms with van der Waals surface area (Å²) < 4.78 is 7.58. The highest BCUT2D eigenvalue weighted by Gasteiger charge is 2.48. The van der Waals surface area contributed by atoms with Crippen LogP contribution < -0.4 is 0 Å². The van der Waals surface area contributed by atoms with Gasteiger partial charge in [0.15, 0.2) is 0 Å². The molecule has 0 radical (unpaired) electrons. The van der Waals surface area contributed by atoms with Crippen molar-refractivity contribution in [2.24, 2.45) is 0 Å². The fraction of sp³-hybridized carbons (Fsp3) is 0.750. The molecule has 1 atom stereocenters. The lowest BCUT2D eigenvalue weighted by Gasteiger charge is -2.37. The molecular weight excluding hydrogens is 344 g/mol.